The number of nitrogens with one attached hydrogen (secondary N) is 2. The van der Waals surface area contributed by atoms with Gasteiger partial charge in [-0.3, -0.25) is 4.79 Å². The molecule has 1 aromatic carbocycles. The van der Waals surface area contributed by atoms with Gasteiger partial charge in [-0.2, -0.15) is 0 Å². The highest BCUT2D eigenvalue weighted by atomic mass is 16.1. The molecule has 0 aliphatic carbocycles. The fourth-order valence-corrected chi connectivity index (χ4v) is 2.12. The summed E-state index contributed by atoms with van der Waals surface area (Å²) in [5, 5.41) is 6.04. The van der Waals surface area contributed by atoms with Crippen LogP contribution >= 0.6 is 0 Å². The zero-order chi connectivity index (χ0) is 16.1. The van der Waals surface area contributed by atoms with Crippen LogP contribution in [0.4, 0.5) is 11.6 Å². The highest BCUT2D eigenvalue weighted by molar-refractivity contribution is 5.92. The molecule has 5 heteroatoms. The lowest BCUT2D eigenvalue weighted by Gasteiger charge is -2.11. The van der Waals surface area contributed by atoms with E-state index in [0.717, 1.165) is 23.2 Å². The van der Waals surface area contributed by atoms with Crippen LogP contribution in [0.1, 0.15) is 41.9 Å². The summed E-state index contributed by atoms with van der Waals surface area (Å²) in [7, 11) is 0. The van der Waals surface area contributed by atoms with Gasteiger partial charge < -0.3 is 10.6 Å². The first-order valence-electron chi connectivity index (χ1n) is 7.47. The summed E-state index contributed by atoms with van der Waals surface area (Å²) < 4.78 is 0. The van der Waals surface area contributed by atoms with Crippen molar-refractivity contribution in [3.63, 3.8) is 0 Å². The molecule has 0 bridgehead atoms. The molecule has 1 heterocycles. The third kappa shape index (κ3) is 4.28. The Morgan fingerprint density at radius 2 is 1.91 bits per heavy atom. The number of benzene rings is 1. The van der Waals surface area contributed by atoms with Gasteiger partial charge in [-0.1, -0.05) is 13.0 Å². The summed E-state index contributed by atoms with van der Waals surface area (Å²) in [6, 6.07) is 7.87. The Hall–Kier alpha value is -2.43. The number of hydrogen-bond donors (Lipinski definition) is 2. The fourth-order valence-electron chi connectivity index (χ4n) is 2.12. The Bertz CT molecular complexity index is 649. The molecule has 1 aromatic heterocycles. The summed E-state index contributed by atoms with van der Waals surface area (Å²) in [5.74, 6) is 0.238. The summed E-state index contributed by atoms with van der Waals surface area (Å²) >= 11 is 0. The van der Waals surface area contributed by atoms with Crippen LogP contribution in [-0.4, -0.2) is 21.9 Å². The van der Waals surface area contributed by atoms with Gasteiger partial charge in [0.2, 0.25) is 5.95 Å². The van der Waals surface area contributed by atoms with Crippen molar-refractivity contribution in [3.05, 3.63) is 47.3 Å². The Morgan fingerprint density at radius 1 is 1.23 bits per heavy atom. The molecule has 116 valence electrons. The van der Waals surface area contributed by atoms with Gasteiger partial charge in [-0.25, -0.2) is 9.97 Å². The van der Waals surface area contributed by atoms with E-state index in [2.05, 4.69) is 26.7 Å². The molecule has 2 aromatic rings. The van der Waals surface area contributed by atoms with Crippen molar-refractivity contribution in [2.75, 3.05) is 5.32 Å². The highest BCUT2D eigenvalue weighted by Gasteiger charge is 2.11. The van der Waals surface area contributed by atoms with Crippen molar-refractivity contribution in [2.45, 2.75) is 40.2 Å². The molecule has 0 radical (unpaired) electrons. The predicted octanol–water partition coefficient (Wildman–Crippen LogP) is 3.37. The molecular formula is C17H22N4O. The molecule has 0 aliphatic rings. The minimum Gasteiger partial charge on any atom is -0.348 e. The van der Waals surface area contributed by atoms with E-state index in [-0.39, 0.29) is 11.9 Å². The van der Waals surface area contributed by atoms with Gasteiger partial charge in [-0.15, -0.1) is 0 Å². The number of aryl methyl sites for hydroxylation is 2. The molecule has 2 rings (SSSR count). The average molecular weight is 298 g/mol. The maximum Gasteiger partial charge on any atom is 0.270 e. The van der Waals surface area contributed by atoms with Crippen LogP contribution in [-0.2, 0) is 0 Å². The Balaban J connectivity index is 2.16. The Labute approximate surface area is 131 Å². The van der Waals surface area contributed by atoms with Gasteiger partial charge in [0.15, 0.2) is 0 Å². The van der Waals surface area contributed by atoms with E-state index >= 15 is 0 Å². The SMILES string of the molecule is CCC(C)NC(=O)c1ccnc(Nc2cc(C)cc(C)c2)n1. The summed E-state index contributed by atoms with van der Waals surface area (Å²) in [6.07, 6.45) is 2.47. The van der Waals surface area contributed by atoms with Crippen molar-refractivity contribution < 1.29 is 4.79 Å². The van der Waals surface area contributed by atoms with E-state index in [1.165, 1.54) is 0 Å². The third-order valence-electron chi connectivity index (χ3n) is 3.36. The number of carbonyl (C=O) groups excluding carboxylic acids is 1. The minimum absolute atomic E-state index is 0.123. The zero-order valence-corrected chi connectivity index (χ0v) is 13.5. The van der Waals surface area contributed by atoms with Crippen LogP contribution in [0.25, 0.3) is 0 Å². The summed E-state index contributed by atoms with van der Waals surface area (Å²) in [5.41, 5.74) is 3.60. The number of carbonyl (C=O) groups is 1. The number of anilines is 2. The zero-order valence-electron chi connectivity index (χ0n) is 13.5. The molecule has 0 fully saturated rings. The van der Waals surface area contributed by atoms with Gasteiger partial charge >= 0.3 is 0 Å². The molecule has 1 atom stereocenters. The van der Waals surface area contributed by atoms with E-state index in [1.54, 1.807) is 12.3 Å². The molecule has 0 aliphatic heterocycles. The lowest BCUT2D eigenvalue weighted by molar-refractivity contribution is 0.0934. The van der Waals surface area contributed by atoms with Crippen molar-refractivity contribution in [1.29, 1.82) is 0 Å². The standard InChI is InChI=1S/C17H22N4O/c1-5-13(4)19-16(22)15-6-7-18-17(21-15)20-14-9-11(2)8-12(3)10-14/h6-10,13H,5H2,1-4H3,(H,19,22)(H,18,20,21). The largest absolute Gasteiger partial charge is 0.348 e. The first-order chi connectivity index (χ1) is 10.5. The molecule has 2 N–H and O–H groups in total. The van der Waals surface area contributed by atoms with Crippen LogP contribution in [0.5, 0.6) is 0 Å². The monoisotopic (exact) mass is 298 g/mol. The quantitative estimate of drug-likeness (QED) is 0.888. The number of hydrogen-bond acceptors (Lipinski definition) is 4. The van der Waals surface area contributed by atoms with E-state index < -0.39 is 0 Å². The van der Waals surface area contributed by atoms with Gasteiger partial charge in [0.1, 0.15) is 5.69 Å². The van der Waals surface area contributed by atoms with Crippen molar-refractivity contribution in [1.82, 2.24) is 15.3 Å². The number of rotatable bonds is 5. The Morgan fingerprint density at radius 3 is 2.55 bits per heavy atom. The second-order valence-corrected chi connectivity index (χ2v) is 5.55. The number of aromatic nitrogens is 2. The summed E-state index contributed by atoms with van der Waals surface area (Å²) in [6.45, 7) is 8.07. The summed E-state index contributed by atoms with van der Waals surface area (Å²) in [4.78, 5) is 20.6. The molecule has 5 nitrogen and oxygen atoms in total. The van der Waals surface area contributed by atoms with Crippen molar-refractivity contribution in [3.8, 4) is 0 Å². The number of nitrogens with zero attached hydrogens (tertiary/aromatic N) is 2. The molecule has 0 spiro atoms. The topological polar surface area (TPSA) is 66.9 Å². The van der Waals surface area contributed by atoms with Gasteiger partial charge in [0.25, 0.3) is 5.91 Å². The van der Waals surface area contributed by atoms with E-state index in [1.807, 2.05) is 39.8 Å². The van der Waals surface area contributed by atoms with Gasteiger partial charge in [-0.05, 0) is 56.5 Å². The molecule has 0 saturated carbocycles. The van der Waals surface area contributed by atoms with Crippen LogP contribution in [0, 0.1) is 13.8 Å². The second-order valence-electron chi connectivity index (χ2n) is 5.55. The van der Waals surface area contributed by atoms with Crippen molar-refractivity contribution in [2.24, 2.45) is 0 Å². The maximum absolute atomic E-state index is 12.1. The third-order valence-corrected chi connectivity index (χ3v) is 3.36. The van der Waals surface area contributed by atoms with E-state index in [9.17, 15) is 4.79 Å². The maximum atomic E-state index is 12.1. The number of amides is 1. The first-order valence-corrected chi connectivity index (χ1v) is 7.47. The molecule has 1 unspecified atom stereocenters. The van der Waals surface area contributed by atoms with E-state index in [0.29, 0.717) is 11.6 Å². The van der Waals surface area contributed by atoms with E-state index in [4.69, 9.17) is 0 Å². The first kappa shape index (κ1) is 15.9. The second kappa shape index (κ2) is 7.02. The Kier molecular flexibility index (Phi) is 5.09. The molecule has 1 amide bonds. The lowest BCUT2D eigenvalue weighted by Crippen LogP contribution is -2.32. The fraction of sp³-hybridized carbons (Fsp3) is 0.353. The normalized spacial score (nSPS) is 11.8. The molecule has 22 heavy (non-hydrogen) atoms. The smallest absolute Gasteiger partial charge is 0.270 e. The molecular weight excluding hydrogens is 276 g/mol. The highest BCUT2D eigenvalue weighted by Crippen LogP contribution is 2.17. The van der Waals surface area contributed by atoms with Crippen molar-refractivity contribution >= 4 is 17.5 Å². The van der Waals surface area contributed by atoms with Crippen LogP contribution < -0.4 is 10.6 Å². The van der Waals surface area contributed by atoms with Gasteiger partial charge in [0.05, 0.1) is 0 Å². The molecule has 0 saturated heterocycles. The minimum atomic E-state index is -0.180. The van der Waals surface area contributed by atoms with Gasteiger partial charge in [0, 0.05) is 17.9 Å². The van der Waals surface area contributed by atoms with Crippen LogP contribution in [0.3, 0.4) is 0 Å². The van der Waals surface area contributed by atoms with Crippen LogP contribution in [0.2, 0.25) is 0 Å². The predicted molar refractivity (Wildman–Crippen MR) is 88.4 cm³/mol. The van der Waals surface area contributed by atoms with Crippen LogP contribution in [0.15, 0.2) is 30.5 Å². The average Bonchev–Trinajstić information content (AvgIpc) is 2.46. The lowest BCUT2D eigenvalue weighted by atomic mass is 10.1.